The van der Waals surface area contributed by atoms with E-state index < -0.39 is 0 Å². The third-order valence-electron chi connectivity index (χ3n) is 3.79. The SMILES string of the molecule is CCCNC(CC)CCc1cc(C)c(OC)cc1C. The van der Waals surface area contributed by atoms with Gasteiger partial charge in [0.1, 0.15) is 5.75 Å². The average Bonchev–Trinajstić information content (AvgIpc) is 2.42. The normalized spacial score (nSPS) is 12.5. The van der Waals surface area contributed by atoms with E-state index in [0.717, 1.165) is 18.7 Å². The zero-order valence-electron chi connectivity index (χ0n) is 13.2. The quantitative estimate of drug-likeness (QED) is 0.765. The highest BCUT2D eigenvalue weighted by Crippen LogP contribution is 2.23. The van der Waals surface area contributed by atoms with E-state index >= 15 is 0 Å². The van der Waals surface area contributed by atoms with Crippen molar-refractivity contribution in [3.8, 4) is 5.75 Å². The predicted octanol–water partition coefficient (Wildman–Crippen LogP) is 4.02. The zero-order valence-corrected chi connectivity index (χ0v) is 13.2. The molecular weight excluding hydrogens is 234 g/mol. The summed E-state index contributed by atoms with van der Waals surface area (Å²) in [6.07, 6.45) is 4.76. The Hall–Kier alpha value is -1.02. The van der Waals surface area contributed by atoms with Crippen LogP contribution in [0.1, 0.15) is 49.8 Å². The molecule has 0 radical (unpaired) electrons. The average molecular weight is 263 g/mol. The number of hydrogen-bond donors (Lipinski definition) is 1. The van der Waals surface area contributed by atoms with Gasteiger partial charge in [0.2, 0.25) is 0 Å². The van der Waals surface area contributed by atoms with E-state index in [4.69, 9.17) is 4.74 Å². The first kappa shape index (κ1) is 16.0. The highest BCUT2D eigenvalue weighted by Gasteiger charge is 2.09. The minimum absolute atomic E-state index is 0.641. The molecule has 0 aliphatic carbocycles. The number of hydrogen-bond acceptors (Lipinski definition) is 2. The summed E-state index contributed by atoms with van der Waals surface area (Å²) >= 11 is 0. The van der Waals surface area contributed by atoms with Crippen LogP contribution < -0.4 is 10.1 Å². The van der Waals surface area contributed by atoms with Gasteiger partial charge in [0, 0.05) is 6.04 Å². The number of methoxy groups -OCH3 is 1. The maximum absolute atomic E-state index is 5.37. The molecule has 108 valence electrons. The lowest BCUT2D eigenvalue weighted by Crippen LogP contribution is -2.29. The second-order valence-corrected chi connectivity index (χ2v) is 5.35. The van der Waals surface area contributed by atoms with Crippen molar-refractivity contribution in [2.45, 2.75) is 59.4 Å². The van der Waals surface area contributed by atoms with Gasteiger partial charge in [0.15, 0.2) is 0 Å². The van der Waals surface area contributed by atoms with Crippen LogP contribution >= 0.6 is 0 Å². The third kappa shape index (κ3) is 4.87. The van der Waals surface area contributed by atoms with Crippen LogP contribution in [0, 0.1) is 13.8 Å². The van der Waals surface area contributed by atoms with Gasteiger partial charge in [-0.05, 0) is 68.8 Å². The number of benzene rings is 1. The summed E-state index contributed by atoms with van der Waals surface area (Å²) in [4.78, 5) is 0. The molecule has 0 bridgehead atoms. The molecule has 0 heterocycles. The summed E-state index contributed by atoms with van der Waals surface area (Å²) in [7, 11) is 1.74. The van der Waals surface area contributed by atoms with Crippen molar-refractivity contribution in [3.63, 3.8) is 0 Å². The summed E-state index contributed by atoms with van der Waals surface area (Å²) in [5.74, 6) is 0.998. The largest absolute Gasteiger partial charge is 0.496 e. The lowest BCUT2D eigenvalue weighted by atomic mass is 9.97. The molecule has 1 aromatic rings. The molecule has 2 heteroatoms. The van der Waals surface area contributed by atoms with Gasteiger partial charge in [-0.2, -0.15) is 0 Å². The molecule has 0 fully saturated rings. The fourth-order valence-electron chi connectivity index (χ4n) is 2.47. The number of ether oxygens (including phenoxy) is 1. The predicted molar refractivity (Wildman–Crippen MR) is 83.2 cm³/mol. The Morgan fingerprint density at radius 2 is 1.89 bits per heavy atom. The number of nitrogens with one attached hydrogen (secondary N) is 1. The van der Waals surface area contributed by atoms with E-state index in [2.05, 4.69) is 45.1 Å². The van der Waals surface area contributed by atoms with Gasteiger partial charge >= 0.3 is 0 Å². The van der Waals surface area contributed by atoms with Crippen molar-refractivity contribution in [2.75, 3.05) is 13.7 Å². The van der Waals surface area contributed by atoms with E-state index in [1.807, 2.05) is 0 Å². The third-order valence-corrected chi connectivity index (χ3v) is 3.79. The summed E-state index contributed by atoms with van der Waals surface area (Å²) < 4.78 is 5.37. The van der Waals surface area contributed by atoms with E-state index in [1.54, 1.807) is 7.11 Å². The van der Waals surface area contributed by atoms with Gasteiger partial charge in [-0.15, -0.1) is 0 Å². The molecule has 2 nitrogen and oxygen atoms in total. The van der Waals surface area contributed by atoms with Gasteiger partial charge in [-0.1, -0.05) is 19.9 Å². The maximum atomic E-state index is 5.37. The standard InChI is InChI=1S/C17H29NO/c1-6-10-18-16(7-2)9-8-15-11-14(4)17(19-5)12-13(15)3/h11-12,16,18H,6-10H2,1-5H3. The van der Waals surface area contributed by atoms with Crippen molar-refractivity contribution < 1.29 is 4.74 Å². The van der Waals surface area contributed by atoms with Crippen LogP contribution in [-0.2, 0) is 6.42 Å². The first-order valence-corrected chi connectivity index (χ1v) is 7.49. The van der Waals surface area contributed by atoms with Crippen LogP contribution in [0.5, 0.6) is 5.75 Å². The molecule has 0 amide bonds. The Balaban J connectivity index is 2.64. The summed E-state index contributed by atoms with van der Waals surface area (Å²) in [6.45, 7) is 9.90. The van der Waals surface area contributed by atoms with Crippen molar-refractivity contribution in [1.29, 1.82) is 0 Å². The highest BCUT2D eigenvalue weighted by molar-refractivity contribution is 5.41. The number of rotatable bonds is 8. The van der Waals surface area contributed by atoms with Crippen molar-refractivity contribution >= 4 is 0 Å². The molecule has 19 heavy (non-hydrogen) atoms. The topological polar surface area (TPSA) is 21.3 Å². The monoisotopic (exact) mass is 263 g/mol. The molecule has 0 saturated carbocycles. The highest BCUT2D eigenvalue weighted by atomic mass is 16.5. The molecule has 0 aliphatic heterocycles. The van der Waals surface area contributed by atoms with E-state index in [-0.39, 0.29) is 0 Å². The Kier molecular flexibility index (Phi) is 6.93. The maximum Gasteiger partial charge on any atom is 0.122 e. The summed E-state index contributed by atoms with van der Waals surface area (Å²) in [5, 5.41) is 3.62. The second-order valence-electron chi connectivity index (χ2n) is 5.35. The Morgan fingerprint density at radius 3 is 2.47 bits per heavy atom. The molecule has 1 atom stereocenters. The van der Waals surface area contributed by atoms with Crippen molar-refractivity contribution in [2.24, 2.45) is 0 Å². The minimum atomic E-state index is 0.641. The first-order chi connectivity index (χ1) is 9.12. The summed E-state index contributed by atoms with van der Waals surface area (Å²) in [5.41, 5.74) is 4.03. The molecule has 1 unspecified atom stereocenters. The van der Waals surface area contributed by atoms with Crippen LogP contribution in [0.3, 0.4) is 0 Å². The molecule has 0 saturated heterocycles. The lowest BCUT2D eigenvalue weighted by Gasteiger charge is -2.18. The Labute approximate surface area is 118 Å². The lowest BCUT2D eigenvalue weighted by molar-refractivity contribution is 0.411. The van der Waals surface area contributed by atoms with Crippen molar-refractivity contribution in [1.82, 2.24) is 5.32 Å². The van der Waals surface area contributed by atoms with E-state index in [0.29, 0.717) is 6.04 Å². The molecule has 0 spiro atoms. The Bertz CT molecular complexity index is 387. The summed E-state index contributed by atoms with van der Waals surface area (Å²) in [6, 6.07) is 5.08. The van der Waals surface area contributed by atoms with Crippen LogP contribution in [0.25, 0.3) is 0 Å². The minimum Gasteiger partial charge on any atom is -0.496 e. The fraction of sp³-hybridized carbons (Fsp3) is 0.647. The molecule has 1 rings (SSSR count). The smallest absolute Gasteiger partial charge is 0.122 e. The van der Waals surface area contributed by atoms with Crippen LogP contribution in [0.2, 0.25) is 0 Å². The van der Waals surface area contributed by atoms with Crippen LogP contribution in [0.15, 0.2) is 12.1 Å². The van der Waals surface area contributed by atoms with Gasteiger partial charge in [0.05, 0.1) is 7.11 Å². The molecule has 0 aliphatic rings. The van der Waals surface area contributed by atoms with Gasteiger partial charge < -0.3 is 10.1 Å². The zero-order chi connectivity index (χ0) is 14.3. The fourth-order valence-corrected chi connectivity index (χ4v) is 2.47. The van der Waals surface area contributed by atoms with Gasteiger partial charge in [-0.25, -0.2) is 0 Å². The van der Waals surface area contributed by atoms with E-state index in [1.165, 1.54) is 36.0 Å². The van der Waals surface area contributed by atoms with E-state index in [9.17, 15) is 0 Å². The second kappa shape index (κ2) is 8.21. The van der Waals surface area contributed by atoms with Crippen LogP contribution in [0.4, 0.5) is 0 Å². The van der Waals surface area contributed by atoms with Gasteiger partial charge in [0.25, 0.3) is 0 Å². The first-order valence-electron chi connectivity index (χ1n) is 7.49. The Morgan fingerprint density at radius 1 is 1.16 bits per heavy atom. The molecule has 0 aromatic heterocycles. The molecule has 1 N–H and O–H groups in total. The molecule has 1 aromatic carbocycles. The molecular formula is C17H29NO. The van der Waals surface area contributed by atoms with Crippen LogP contribution in [-0.4, -0.2) is 19.7 Å². The number of aryl methyl sites for hydroxylation is 3. The van der Waals surface area contributed by atoms with Crippen molar-refractivity contribution in [3.05, 3.63) is 28.8 Å². The van der Waals surface area contributed by atoms with Gasteiger partial charge in [-0.3, -0.25) is 0 Å².